The number of rotatable bonds is 9. The summed E-state index contributed by atoms with van der Waals surface area (Å²) < 4.78 is 11.2. The predicted octanol–water partition coefficient (Wildman–Crippen LogP) is 11.7. The smallest absolute Gasteiger partial charge is 0.137 e. The van der Waals surface area contributed by atoms with Gasteiger partial charge < -0.3 is 4.74 Å². The summed E-state index contributed by atoms with van der Waals surface area (Å²) >= 11 is 0. The Bertz CT molecular complexity index is 2150. The summed E-state index contributed by atoms with van der Waals surface area (Å²) in [4.78, 5) is 4.83. The van der Waals surface area contributed by atoms with Gasteiger partial charge in [0.25, 0.3) is 0 Å². The number of nitrogens with zero attached hydrogens (tertiary/aromatic N) is 4. The lowest BCUT2D eigenvalue weighted by Gasteiger charge is -2.31. The largest absolute Gasteiger partial charge is 0.457 e. The highest BCUT2D eigenvalue weighted by molar-refractivity contribution is 6.09. The molecule has 48 heavy (non-hydrogen) atoms. The average molecular weight is 637 g/mol. The van der Waals surface area contributed by atoms with Crippen LogP contribution in [-0.4, -0.2) is 19.3 Å². The third kappa shape index (κ3) is 5.74. The lowest BCUT2D eigenvalue weighted by Crippen LogP contribution is -2.18. The number of pyridine rings is 1. The van der Waals surface area contributed by atoms with Crippen LogP contribution in [0, 0.1) is 19.8 Å². The highest BCUT2D eigenvalue weighted by Gasteiger charge is 2.31. The van der Waals surface area contributed by atoms with Crippen LogP contribution in [0.15, 0.2) is 90.6 Å². The third-order valence-electron chi connectivity index (χ3n) is 10.4. The number of aromatic nitrogens is 4. The molecule has 5 heteroatoms. The molecule has 3 heterocycles. The van der Waals surface area contributed by atoms with Crippen LogP contribution < -0.4 is 4.74 Å². The van der Waals surface area contributed by atoms with E-state index < -0.39 is 0 Å². The van der Waals surface area contributed by atoms with E-state index in [-0.39, 0.29) is 0 Å². The Balaban J connectivity index is 1.31. The van der Waals surface area contributed by atoms with Gasteiger partial charge in [-0.15, -0.1) is 0 Å². The molecule has 3 aromatic heterocycles. The molecule has 0 radical (unpaired) electrons. The van der Waals surface area contributed by atoms with Crippen LogP contribution >= 0.6 is 0 Å². The monoisotopic (exact) mass is 636 g/mol. The summed E-state index contributed by atoms with van der Waals surface area (Å²) in [6.07, 6.45) is 10.1. The highest BCUT2D eigenvalue weighted by atomic mass is 16.5. The third-order valence-corrected chi connectivity index (χ3v) is 10.4. The van der Waals surface area contributed by atoms with E-state index >= 15 is 0 Å². The Morgan fingerprint density at radius 2 is 1.69 bits per heavy atom. The molecule has 3 aromatic carbocycles. The number of hydrogen-bond acceptors (Lipinski definition) is 3. The SMILES string of the molecule is CCCc1ccnc(-n2c3ccccc3c3ccc(Oc4cc(C(C)C)cc(-n5nc(C)c(C6C(C)=CCC[C@@H]6CC)c5C)c4)cc32)c1. The number of benzene rings is 3. The second-order valence-electron chi connectivity index (χ2n) is 14.0. The van der Waals surface area contributed by atoms with Gasteiger partial charge >= 0.3 is 0 Å². The van der Waals surface area contributed by atoms with Crippen molar-refractivity contribution in [1.82, 2.24) is 19.3 Å². The molecule has 0 spiro atoms. The zero-order valence-electron chi connectivity index (χ0n) is 29.5. The summed E-state index contributed by atoms with van der Waals surface area (Å²) in [5.41, 5.74) is 11.0. The van der Waals surface area contributed by atoms with Gasteiger partial charge in [0.1, 0.15) is 17.3 Å². The van der Waals surface area contributed by atoms with Gasteiger partial charge in [0.15, 0.2) is 0 Å². The van der Waals surface area contributed by atoms with Gasteiger partial charge in [-0.3, -0.25) is 4.57 Å². The van der Waals surface area contributed by atoms with Crippen molar-refractivity contribution in [2.75, 3.05) is 0 Å². The normalized spacial score (nSPS) is 16.6. The molecule has 5 nitrogen and oxygen atoms in total. The fourth-order valence-electron chi connectivity index (χ4n) is 7.99. The first kappa shape index (κ1) is 31.9. The zero-order chi connectivity index (χ0) is 33.5. The van der Waals surface area contributed by atoms with Crippen molar-refractivity contribution in [1.29, 1.82) is 0 Å². The van der Waals surface area contributed by atoms with Crippen LogP contribution in [0.25, 0.3) is 33.3 Å². The van der Waals surface area contributed by atoms with Gasteiger partial charge in [0.05, 0.1) is 22.4 Å². The Morgan fingerprint density at radius 3 is 2.48 bits per heavy atom. The average Bonchev–Trinajstić information content (AvgIpc) is 3.57. The van der Waals surface area contributed by atoms with Crippen molar-refractivity contribution in [2.45, 2.75) is 92.4 Å². The first-order valence-electron chi connectivity index (χ1n) is 17.8. The quantitative estimate of drug-likeness (QED) is 0.148. The zero-order valence-corrected chi connectivity index (χ0v) is 29.5. The van der Waals surface area contributed by atoms with Crippen LogP contribution in [0.4, 0.5) is 0 Å². The number of fused-ring (bicyclic) bond motifs is 3. The van der Waals surface area contributed by atoms with E-state index in [1.807, 2.05) is 6.20 Å². The second kappa shape index (κ2) is 13.1. The van der Waals surface area contributed by atoms with Crippen molar-refractivity contribution in [3.8, 4) is 23.0 Å². The van der Waals surface area contributed by atoms with Crippen LogP contribution in [0.5, 0.6) is 11.5 Å². The van der Waals surface area contributed by atoms with Crippen molar-refractivity contribution < 1.29 is 4.74 Å². The van der Waals surface area contributed by atoms with Crippen molar-refractivity contribution in [3.63, 3.8) is 0 Å². The predicted molar refractivity (Wildman–Crippen MR) is 199 cm³/mol. The van der Waals surface area contributed by atoms with E-state index in [1.54, 1.807) is 0 Å². The van der Waals surface area contributed by atoms with Crippen LogP contribution in [-0.2, 0) is 6.42 Å². The van der Waals surface area contributed by atoms with E-state index in [1.165, 1.54) is 58.0 Å². The first-order valence-corrected chi connectivity index (χ1v) is 17.8. The number of para-hydroxylation sites is 1. The highest BCUT2D eigenvalue weighted by Crippen LogP contribution is 2.43. The fourth-order valence-corrected chi connectivity index (χ4v) is 7.99. The summed E-state index contributed by atoms with van der Waals surface area (Å²) in [7, 11) is 0. The minimum Gasteiger partial charge on any atom is -0.457 e. The Labute approximate surface area is 285 Å². The molecule has 0 bridgehead atoms. The molecule has 2 atom stereocenters. The lowest BCUT2D eigenvalue weighted by molar-refractivity contribution is 0.398. The molecule has 246 valence electrons. The van der Waals surface area contributed by atoms with Crippen molar-refractivity contribution in [3.05, 3.63) is 119 Å². The maximum atomic E-state index is 6.75. The Hall–Kier alpha value is -4.64. The number of ether oxygens (including phenoxy) is 1. The second-order valence-corrected chi connectivity index (χ2v) is 14.0. The van der Waals surface area contributed by atoms with E-state index in [9.17, 15) is 0 Å². The van der Waals surface area contributed by atoms with Gasteiger partial charge in [0.2, 0.25) is 0 Å². The van der Waals surface area contributed by atoms with Gasteiger partial charge in [0, 0.05) is 46.3 Å². The number of hydrogen-bond donors (Lipinski definition) is 0. The maximum Gasteiger partial charge on any atom is 0.137 e. The Morgan fingerprint density at radius 1 is 0.875 bits per heavy atom. The minimum atomic E-state index is 0.336. The van der Waals surface area contributed by atoms with Gasteiger partial charge in [-0.25, -0.2) is 9.67 Å². The molecule has 1 aliphatic rings. The number of allylic oxidation sites excluding steroid dienone is 2. The number of aryl methyl sites for hydroxylation is 2. The minimum absolute atomic E-state index is 0.336. The summed E-state index contributed by atoms with van der Waals surface area (Å²) in [5.74, 6) is 3.96. The van der Waals surface area contributed by atoms with Crippen LogP contribution in [0.2, 0.25) is 0 Å². The molecule has 0 saturated carbocycles. The van der Waals surface area contributed by atoms with Crippen molar-refractivity contribution in [2.24, 2.45) is 5.92 Å². The van der Waals surface area contributed by atoms with E-state index in [2.05, 4.69) is 137 Å². The molecular weight excluding hydrogens is 589 g/mol. The van der Waals surface area contributed by atoms with E-state index in [4.69, 9.17) is 14.8 Å². The molecule has 0 amide bonds. The molecule has 0 saturated heterocycles. The summed E-state index contributed by atoms with van der Waals surface area (Å²) in [6.45, 7) is 15.7. The van der Waals surface area contributed by atoms with Gasteiger partial charge in [-0.1, -0.05) is 70.4 Å². The topological polar surface area (TPSA) is 44.9 Å². The fraction of sp³-hybridized carbons (Fsp3) is 0.349. The molecule has 0 aliphatic heterocycles. The Kier molecular flexibility index (Phi) is 8.72. The first-order chi connectivity index (χ1) is 23.3. The molecule has 0 fully saturated rings. The maximum absolute atomic E-state index is 6.75. The summed E-state index contributed by atoms with van der Waals surface area (Å²) in [6, 6.07) is 26.0. The molecule has 1 aliphatic carbocycles. The molecule has 0 N–H and O–H groups in total. The van der Waals surface area contributed by atoms with Gasteiger partial charge in [-0.05, 0) is 105 Å². The van der Waals surface area contributed by atoms with Crippen molar-refractivity contribution >= 4 is 21.8 Å². The molecule has 6 aromatic rings. The lowest BCUT2D eigenvalue weighted by atomic mass is 9.73. The standard InChI is InChI=1S/C43H48N4O/c1-8-13-31-20-21-44-41(22-31)46-39-17-11-10-16-37(39)38-19-18-35(26-40(38)46)48-36-24-33(27(3)4)23-34(25-36)47-30(7)43(29(6)45-47)42-28(5)14-12-15-32(42)9-2/h10-11,14,16-27,32,42H,8-9,12-13,15H2,1-7H3/t32-,42?/m0/s1. The molecular formula is C43H48N4O. The van der Waals surface area contributed by atoms with E-state index in [0.717, 1.165) is 52.6 Å². The van der Waals surface area contributed by atoms with Crippen LogP contribution in [0.3, 0.4) is 0 Å². The summed E-state index contributed by atoms with van der Waals surface area (Å²) in [5, 5.41) is 7.55. The van der Waals surface area contributed by atoms with Gasteiger partial charge in [-0.2, -0.15) is 5.10 Å². The van der Waals surface area contributed by atoms with E-state index in [0.29, 0.717) is 17.8 Å². The molecule has 1 unspecified atom stereocenters. The van der Waals surface area contributed by atoms with Crippen LogP contribution in [0.1, 0.15) is 100 Å². The molecule has 7 rings (SSSR count).